The molecular weight excluding hydrogens is 376 g/mol. The number of hydrogen-bond donors (Lipinski definition) is 0. The molecule has 1 fully saturated rings. The van der Waals surface area contributed by atoms with Gasteiger partial charge < -0.3 is 0 Å². The second-order valence-electron chi connectivity index (χ2n) is 3.98. The molecule has 1 saturated heterocycles. The molecule has 1 unspecified atom stereocenters. The molecule has 0 spiro atoms. The first-order chi connectivity index (χ1) is 7.96. The summed E-state index contributed by atoms with van der Waals surface area (Å²) in [6.45, 7) is 1.10. The Morgan fingerprint density at radius 1 is 1.53 bits per heavy atom. The molecule has 0 N–H and O–H groups in total. The second-order valence-corrected chi connectivity index (χ2v) is 7.23. The molecule has 0 radical (unpaired) electrons. The van der Waals surface area contributed by atoms with Crippen molar-refractivity contribution in [2.24, 2.45) is 13.0 Å². The van der Waals surface area contributed by atoms with Crippen molar-refractivity contribution in [1.29, 1.82) is 0 Å². The fourth-order valence-electron chi connectivity index (χ4n) is 1.86. The van der Waals surface area contributed by atoms with Crippen molar-refractivity contribution in [2.45, 2.75) is 11.4 Å². The topological polar surface area (TPSA) is 68.1 Å². The van der Waals surface area contributed by atoms with Crippen molar-refractivity contribution in [3.63, 3.8) is 0 Å². The lowest BCUT2D eigenvalue weighted by molar-refractivity contribution is 0.456. The summed E-state index contributed by atoms with van der Waals surface area (Å²) in [5.74, 6) is 0.379. The average molecular weight is 388 g/mol. The van der Waals surface area contributed by atoms with Gasteiger partial charge >= 0.3 is 0 Å². The molecule has 6 nitrogen and oxygen atoms in total. The quantitative estimate of drug-likeness (QED) is 0.725. The van der Waals surface area contributed by atoms with E-state index in [1.54, 1.807) is 7.05 Å². The number of nitrogens with zero attached hydrogens (tertiary/aromatic N) is 4. The molecule has 0 bridgehead atoms. The third-order valence-electron chi connectivity index (χ3n) is 2.79. The van der Waals surface area contributed by atoms with E-state index < -0.39 is 10.0 Å². The molecule has 0 aromatic carbocycles. The summed E-state index contributed by atoms with van der Waals surface area (Å²) in [6.07, 6.45) is 0.882. The summed E-state index contributed by atoms with van der Waals surface area (Å²) < 4.78 is 27.8. The van der Waals surface area contributed by atoms with Crippen molar-refractivity contribution in [1.82, 2.24) is 19.3 Å². The van der Waals surface area contributed by atoms with Crippen molar-refractivity contribution in [3.05, 3.63) is 4.60 Å². The largest absolute Gasteiger partial charge is 0.263 e. The van der Waals surface area contributed by atoms with E-state index in [-0.39, 0.29) is 9.63 Å². The van der Waals surface area contributed by atoms with Crippen molar-refractivity contribution in [3.8, 4) is 0 Å². The minimum absolute atomic E-state index is 0.118. The molecule has 1 aliphatic heterocycles. The van der Waals surface area contributed by atoms with E-state index >= 15 is 0 Å². The molecule has 1 aromatic heterocycles. The zero-order valence-electron chi connectivity index (χ0n) is 9.18. The first-order valence-electron chi connectivity index (χ1n) is 5.08. The van der Waals surface area contributed by atoms with Gasteiger partial charge in [0.2, 0.25) is 5.03 Å². The Morgan fingerprint density at radius 3 is 2.71 bits per heavy atom. The predicted molar refractivity (Wildman–Crippen MR) is 69.4 cm³/mol. The molecule has 0 amide bonds. The summed E-state index contributed by atoms with van der Waals surface area (Å²) >= 11 is 6.51. The molecular formula is C8H12Br2N4O2S. The number of hydrogen-bond acceptors (Lipinski definition) is 4. The summed E-state index contributed by atoms with van der Waals surface area (Å²) in [5.41, 5.74) is 0. The lowest BCUT2D eigenvalue weighted by Crippen LogP contribution is -2.30. The molecule has 2 rings (SSSR count). The molecule has 1 aromatic rings. The maximum Gasteiger partial charge on any atom is 0.263 e. The highest BCUT2D eigenvalue weighted by Gasteiger charge is 2.35. The van der Waals surface area contributed by atoms with Gasteiger partial charge in [-0.25, -0.2) is 13.1 Å². The second kappa shape index (κ2) is 4.94. The van der Waals surface area contributed by atoms with Crippen molar-refractivity contribution < 1.29 is 8.42 Å². The number of sulfonamides is 1. The number of alkyl halides is 1. The smallest absolute Gasteiger partial charge is 0.235 e. The van der Waals surface area contributed by atoms with Crippen LogP contribution in [0.15, 0.2) is 9.63 Å². The molecule has 0 saturated carbocycles. The minimum atomic E-state index is -3.50. The van der Waals surface area contributed by atoms with Crippen LogP contribution in [0.2, 0.25) is 0 Å². The molecule has 1 aliphatic rings. The zero-order valence-corrected chi connectivity index (χ0v) is 13.2. The van der Waals surface area contributed by atoms with Gasteiger partial charge in [0.05, 0.1) is 0 Å². The Kier molecular flexibility index (Phi) is 3.91. The first kappa shape index (κ1) is 13.4. The molecule has 96 valence electrons. The van der Waals surface area contributed by atoms with Gasteiger partial charge in [-0.2, -0.15) is 4.31 Å². The standard InChI is InChI=1S/C8H12Br2N4O2S/c1-13-8(7(10)11-12-13)17(15,16)14-3-2-6(4-9)5-14/h6H,2-5H2,1H3. The summed E-state index contributed by atoms with van der Waals surface area (Å²) in [7, 11) is -1.92. The van der Waals surface area contributed by atoms with Crippen molar-refractivity contribution in [2.75, 3.05) is 18.4 Å². The van der Waals surface area contributed by atoms with Crippen LogP contribution in [0, 0.1) is 5.92 Å². The molecule has 17 heavy (non-hydrogen) atoms. The van der Waals surface area contributed by atoms with E-state index in [2.05, 4.69) is 42.2 Å². The molecule has 2 heterocycles. The highest BCUT2D eigenvalue weighted by Crippen LogP contribution is 2.27. The predicted octanol–water partition coefficient (Wildman–Crippen LogP) is 0.983. The van der Waals surface area contributed by atoms with Crippen LogP contribution in [0.1, 0.15) is 6.42 Å². The van der Waals surface area contributed by atoms with Crippen LogP contribution in [0.25, 0.3) is 0 Å². The normalized spacial score (nSPS) is 22.2. The van der Waals surface area contributed by atoms with Crippen LogP contribution in [0.5, 0.6) is 0 Å². The van der Waals surface area contributed by atoms with Crippen LogP contribution in [0.4, 0.5) is 0 Å². The Morgan fingerprint density at radius 2 is 2.24 bits per heavy atom. The van der Waals surface area contributed by atoms with E-state index in [0.29, 0.717) is 19.0 Å². The maximum atomic E-state index is 12.4. The third kappa shape index (κ3) is 2.42. The van der Waals surface area contributed by atoms with Crippen LogP contribution in [-0.2, 0) is 17.1 Å². The van der Waals surface area contributed by atoms with Gasteiger partial charge in [-0.15, -0.1) is 5.10 Å². The first-order valence-corrected chi connectivity index (χ1v) is 8.43. The average Bonchev–Trinajstić information content (AvgIpc) is 2.85. The molecule has 0 aliphatic carbocycles. The van der Waals surface area contributed by atoms with E-state index in [0.717, 1.165) is 11.8 Å². The number of rotatable bonds is 3. The maximum absolute atomic E-state index is 12.4. The number of halogens is 2. The Bertz CT molecular complexity index is 496. The van der Waals surface area contributed by atoms with E-state index in [1.807, 2.05) is 0 Å². The summed E-state index contributed by atoms with van der Waals surface area (Å²) in [5, 5.41) is 8.35. The van der Waals surface area contributed by atoms with Crippen molar-refractivity contribution >= 4 is 41.9 Å². The zero-order chi connectivity index (χ0) is 12.6. The van der Waals surface area contributed by atoms with Gasteiger partial charge in [0.1, 0.15) is 0 Å². The molecule has 9 heteroatoms. The van der Waals surface area contributed by atoms with Crippen LogP contribution >= 0.6 is 31.9 Å². The van der Waals surface area contributed by atoms with Gasteiger partial charge in [-0.1, -0.05) is 21.1 Å². The van der Waals surface area contributed by atoms with Crippen LogP contribution in [0.3, 0.4) is 0 Å². The minimum Gasteiger partial charge on any atom is -0.235 e. The lowest BCUT2D eigenvalue weighted by atomic mass is 10.2. The Balaban J connectivity index is 2.32. The fourth-order valence-corrected chi connectivity index (χ4v) is 4.95. The van der Waals surface area contributed by atoms with Gasteiger partial charge in [0.15, 0.2) is 4.60 Å². The summed E-state index contributed by atoms with van der Waals surface area (Å²) in [6, 6.07) is 0. The Hall–Kier alpha value is 0.01000. The number of aryl methyl sites for hydroxylation is 1. The number of aromatic nitrogens is 3. The van der Waals surface area contributed by atoms with Gasteiger partial charge in [0.25, 0.3) is 10.0 Å². The highest BCUT2D eigenvalue weighted by molar-refractivity contribution is 9.10. The van der Waals surface area contributed by atoms with Gasteiger partial charge in [-0.3, -0.25) is 0 Å². The monoisotopic (exact) mass is 386 g/mol. The highest BCUT2D eigenvalue weighted by atomic mass is 79.9. The fraction of sp³-hybridized carbons (Fsp3) is 0.750. The molecule has 1 atom stereocenters. The van der Waals surface area contributed by atoms with Crippen LogP contribution in [-0.4, -0.2) is 46.1 Å². The van der Waals surface area contributed by atoms with Gasteiger partial charge in [-0.05, 0) is 28.3 Å². The SMILES string of the molecule is Cn1nnc(Br)c1S(=O)(=O)N1CCC(CBr)C1. The van der Waals surface area contributed by atoms with E-state index in [9.17, 15) is 8.42 Å². The Labute approximate surface area is 117 Å². The van der Waals surface area contributed by atoms with Gasteiger partial charge in [0, 0.05) is 25.5 Å². The summed E-state index contributed by atoms with van der Waals surface area (Å²) in [4.78, 5) is 0. The van der Waals surface area contributed by atoms with Crippen LogP contribution < -0.4 is 0 Å². The lowest BCUT2D eigenvalue weighted by Gasteiger charge is -2.15. The van der Waals surface area contributed by atoms with E-state index in [4.69, 9.17) is 0 Å². The third-order valence-corrected chi connectivity index (χ3v) is 6.46. The van der Waals surface area contributed by atoms with E-state index in [1.165, 1.54) is 8.99 Å².